The smallest absolute Gasteiger partial charge is 0.237 e. The fraction of sp³-hybridized carbons (Fsp3) is 0.500. The minimum absolute atomic E-state index is 0.134. The van der Waals surface area contributed by atoms with Crippen molar-refractivity contribution in [2.45, 2.75) is 57.8 Å². The van der Waals surface area contributed by atoms with E-state index in [1.54, 1.807) is 0 Å². The third-order valence-electron chi connectivity index (χ3n) is 4.38. The molecule has 1 amide bonds. The van der Waals surface area contributed by atoms with Crippen molar-refractivity contribution in [2.75, 3.05) is 10.7 Å². The molecule has 0 fully saturated rings. The Labute approximate surface area is 147 Å². The Hall–Kier alpha value is -1.82. The number of aromatic nitrogens is 3. The van der Waals surface area contributed by atoms with Gasteiger partial charge in [0.25, 0.3) is 0 Å². The minimum atomic E-state index is 0.134. The van der Waals surface area contributed by atoms with Gasteiger partial charge in [0.15, 0.2) is 5.16 Å². The van der Waals surface area contributed by atoms with E-state index >= 15 is 0 Å². The predicted molar refractivity (Wildman–Crippen MR) is 97.6 cm³/mol. The molecular formula is C18H24N4OS. The van der Waals surface area contributed by atoms with Crippen LogP contribution in [-0.2, 0) is 17.8 Å². The average Bonchev–Trinajstić information content (AvgIpc) is 3.12. The normalized spacial score (nSPS) is 16.7. The van der Waals surface area contributed by atoms with Crippen LogP contribution in [0.25, 0.3) is 0 Å². The maximum absolute atomic E-state index is 12.8. The van der Waals surface area contributed by atoms with Crippen molar-refractivity contribution in [3.05, 3.63) is 35.7 Å². The average molecular weight is 344 g/mol. The van der Waals surface area contributed by atoms with E-state index in [0.717, 1.165) is 29.6 Å². The predicted octanol–water partition coefficient (Wildman–Crippen LogP) is 3.49. The number of fused-ring (bicyclic) bond motifs is 1. The van der Waals surface area contributed by atoms with E-state index in [-0.39, 0.29) is 11.9 Å². The first kappa shape index (κ1) is 17.0. The molecule has 1 aliphatic rings. The molecule has 128 valence electrons. The van der Waals surface area contributed by atoms with Gasteiger partial charge >= 0.3 is 0 Å². The monoisotopic (exact) mass is 344 g/mol. The quantitative estimate of drug-likeness (QED) is 0.779. The van der Waals surface area contributed by atoms with Crippen LogP contribution in [-0.4, -0.2) is 32.5 Å². The summed E-state index contributed by atoms with van der Waals surface area (Å²) in [7, 11) is 0. The number of para-hydroxylation sites is 1. The number of amides is 1. The molecule has 0 aliphatic carbocycles. The molecule has 1 aromatic carbocycles. The Morgan fingerprint density at radius 2 is 2.08 bits per heavy atom. The molecule has 5 nitrogen and oxygen atoms in total. The Morgan fingerprint density at radius 1 is 1.33 bits per heavy atom. The van der Waals surface area contributed by atoms with Gasteiger partial charge in [0, 0.05) is 24.2 Å². The van der Waals surface area contributed by atoms with E-state index in [1.165, 1.54) is 17.3 Å². The summed E-state index contributed by atoms with van der Waals surface area (Å²) in [6, 6.07) is 8.38. The standard InChI is InChI=1S/C18H24N4OS/c1-5-21-17(12(2)3)19-20-18(21)24-11-16(23)22-13(4)10-14-8-6-7-9-15(14)22/h6-9,12-13H,5,10-11H2,1-4H3/t13-/m0/s1. The highest BCUT2D eigenvalue weighted by molar-refractivity contribution is 7.99. The van der Waals surface area contributed by atoms with Crippen LogP contribution in [0.3, 0.4) is 0 Å². The van der Waals surface area contributed by atoms with Gasteiger partial charge in [0.1, 0.15) is 5.82 Å². The zero-order valence-electron chi connectivity index (χ0n) is 14.7. The lowest BCUT2D eigenvalue weighted by atomic mass is 10.1. The number of thioether (sulfide) groups is 1. The summed E-state index contributed by atoms with van der Waals surface area (Å²) in [5, 5.41) is 9.38. The van der Waals surface area contributed by atoms with Crippen molar-refractivity contribution in [3.8, 4) is 0 Å². The van der Waals surface area contributed by atoms with Crippen molar-refractivity contribution in [1.29, 1.82) is 0 Å². The van der Waals surface area contributed by atoms with Crippen LogP contribution in [0.1, 0.15) is 45.0 Å². The number of hydrogen-bond acceptors (Lipinski definition) is 4. The summed E-state index contributed by atoms with van der Waals surface area (Å²) in [6.07, 6.45) is 0.926. The molecule has 24 heavy (non-hydrogen) atoms. The number of rotatable bonds is 5. The lowest BCUT2D eigenvalue weighted by Crippen LogP contribution is -2.37. The molecule has 0 N–H and O–H groups in total. The Balaban J connectivity index is 1.73. The summed E-state index contributed by atoms with van der Waals surface area (Å²) >= 11 is 1.48. The summed E-state index contributed by atoms with van der Waals surface area (Å²) in [4.78, 5) is 14.7. The van der Waals surface area contributed by atoms with Gasteiger partial charge in [-0.3, -0.25) is 4.79 Å². The number of anilines is 1. The van der Waals surface area contributed by atoms with E-state index in [0.29, 0.717) is 11.7 Å². The van der Waals surface area contributed by atoms with Gasteiger partial charge in [0.2, 0.25) is 5.91 Å². The highest BCUT2D eigenvalue weighted by Gasteiger charge is 2.30. The van der Waals surface area contributed by atoms with Crippen LogP contribution in [0, 0.1) is 0 Å². The van der Waals surface area contributed by atoms with Gasteiger partial charge in [-0.15, -0.1) is 10.2 Å². The summed E-state index contributed by atoms with van der Waals surface area (Å²) < 4.78 is 2.10. The molecule has 0 radical (unpaired) electrons. The van der Waals surface area contributed by atoms with Crippen molar-refractivity contribution < 1.29 is 4.79 Å². The zero-order chi connectivity index (χ0) is 17.3. The maximum Gasteiger partial charge on any atom is 0.237 e. The third kappa shape index (κ3) is 3.07. The van der Waals surface area contributed by atoms with Gasteiger partial charge in [0.05, 0.1) is 5.75 Å². The molecular weight excluding hydrogens is 320 g/mol. The molecule has 2 aromatic rings. The van der Waals surface area contributed by atoms with Crippen LogP contribution < -0.4 is 4.90 Å². The molecule has 3 rings (SSSR count). The van der Waals surface area contributed by atoms with Gasteiger partial charge < -0.3 is 9.47 Å². The van der Waals surface area contributed by atoms with Crippen LogP contribution in [0.15, 0.2) is 29.4 Å². The third-order valence-corrected chi connectivity index (χ3v) is 5.33. The second-order valence-electron chi connectivity index (χ2n) is 6.47. The number of nitrogens with zero attached hydrogens (tertiary/aromatic N) is 4. The van der Waals surface area contributed by atoms with Crippen molar-refractivity contribution >= 4 is 23.4 Å². The van der Waals surface area contributed by atoms with Crippen LogP contribution >= 0.6 is 11.8 Å². The number of benzene rings is 1. The van der Waals surface area contributed by atoms with Crippen LogP contribution in [0.2, 0.25) is 0 Å². The lowest BCUT2D eigenvalue weighted by molar-refractivity contribution is -0.116. The molecule has 6 heteroatoms. The fourth-order valence-electron chi connectivity index (χ4n) is 3.27. The van der Waals surface area contributed by atoms with Crippen molar-refractivity contribution in [3.63, 3.8) is 0 Å². The molecule has 1 aliphatic heterocycles. The van der Waals surface area contributed by atoms with E-state index in [4.69, 9.17) is 0 Å². The van der Waals surface area contributed by atoms with Gasteiger partial charge in [-0.2, -0.15) is 0 Å². The first-order valence-electron chi connectivity index (χ1n) is 8.48. The maximum atomic E-state index is 12.8. The largest absolute Gasteiger partial charge is 0.308 e. The number of hydrogen-bond donors (Lipinski definition) is 0. The van der Waals surface area contributed by atoms with Gasteiger partial charge in [-0.05, 0) is 31.9 Å². The van der Waals surface area contributed by atoms with Gasteiger partial charge in [-0.25, -0.2) is 0 Å². The van der Waals surface area contributed by atoms with Crippen molar-refractivity contribution in [2.24, 2.45) is 0 Å². The van der Waals surface area contributed by atoms with E-state index in [1.807, 2.05) is 23.1 Å². The van der Waals surface area contributed by atoms with E-state index in [2.05, 4.69) is 48.5 Å². The highest BCUT2D eigenvalue weighted by Crippen LogP contribution is 2.32. The van der Waals surface area contributed by atoms with Gasteiger partial charge in [-0.1, -0.05) is 43.8 Å². The molecule has 0 saturated carbocycles. The van der Waals surface area contributed by atoms with E-state index < -0.39 is 0 Å². The molecule has 2 heterocycles. The SMILES string of the molecule is CCn1c(SCC(=O)N2c3ccccc3C[C@@H]2C)nnc1C(C)C. The first-order valence-corrected chi connectivity index (χ1v) is 9.47. The van der Waals surface area contributed by atoms with E-state index in [9.17, 15) is 4.79 Å². The second-order valence-corrected chi connectivity index (χ2v) is 7.42. The molecule has 1 atom stereocenters. The summed E-state index contributed by atoms with van der Waals surface area (Å²) in [6.45, 7) is 9.23. The molecule has 0 spiro atoms. The fourth-order valence-corrected chi connectivity index (χ4v) is 4.14. The first-order chi connectivity index (χ1) is 11.5. The minimum Gasteiger partial charge on any atom is -0.308 e. The molecule has 0 saturated heterocycles. The Kier molecular flexibility index (Phi) is 4.94. The topological polar surface area (TPSA) is 51.0 Å². The summed E-state index contributed by atoms with van der Waals surface area (Å²) in [5.74, 6) is 1.82. The Bertz CT molecular complexity index is 740. The molecule has 0 unspecified atom stereocenters. The molecule has 0 bridgehead atoms. The lowest BCUT2D eigenvalue weighted by Gasteiger charge is -2.22. The van der Waals surface area contributed by atoms with Crippen LogP contribution in [0.5, 0.6) is 0 Å². The highest BCUT2D eigenvalue weighted by atomic mass is 32.2. The number of carbonyl (C=O) groups is 1. The zero-order valence-corrected chi connectivity index (χ0v) is 15.5. The van der Waals surface area contributed by atoms with Crippen molar-refractivity contribution in [1.82, 2.24) is 14.8 Å². The molecule has 1 aromatic heterocycles. The number of carbonyl (C=O) groups excluding carboxylic acids is 1. The summed E-state index contributed by atoms with van der Waals surface area (Å²) in [5.41, 5.74) is 2.30. The second kappa shape index (κ2) is 6.97. The van der Waals surface area contributed by atoms with Crippen LogP contribution in [0.4, 0.5) is 5.69 Å². The Morgan fingerprint density at radius 3 is 2.79 bits per heavy atom.